The normalized spacial score (nSPS) is 34.7. The highest BCUT2D eigenvalue weighted by Crippen LogP contribution is 2.35. The zero-order valence-electron chi connectivity index (χ0n) is 9.53. The second-order valence-corrected chi connectivity index (χ2v) is 4.82. The molecule has 1 aromatic heterocycles. The average Bonchev–Trinajstić information content (AvgIpc) is 2.98. The van der Waals surface area contributed by atoms with Crippen LogP contribution in [0.4, 0.5) is 0 Å². The van der Waals surface area contributed by atoms with Gasteiger partial charge in [0.2, 0.25) is 11.8 Å². The molecular weight excluding hydrogens is 206 g/mol. The minimum Gasteiger partial charge on any atom is -0.422 e. The van der Waals surface area contributed by atoms with Gasteiger partial charge in [0.1, 0.15) is 5.60 Å². The molecule has 0 spiro atoms. The van der Waals surface area contributed by atoms with E-state index in [0.29, 0.717) is 11.8 Å². The first-order valence-corrected chi connectivity index (χ1v) is 5.96. The zero-order chi connectivity index (χ0) is 11.0. The molecule has 0 aromatic carbocycles. The van der Waals surface area contributed by atoms with Crippen molar-refractivity contribution in [3.8, 4) is 0 Å². The fourth-order valence-corrected chi connectivity index (χ4v) is 2.43. The lowest BCUT2D eigenvalue weighted by atomic mass is 10.0. The summed E-state index contributed by atoms with van der Waals surface area (Å²) >= 11 is 0. The van der Waals surface area contributed by atoms with Crippen molar-refractivity contribution in [2.24, 2.45) is 0 Å². The van der Waals surface area contributed by atoms with Gasteiger partial charge in [-0.05, 0) is 32.7 Å². The van der Waals surface area contributed by atoms with Crippen molar-refractivity contribution in [3.05, 3.63) is 11.8 Å². The van der Waals surface area contributed by atoms with E-state index in [0.717, 1.165) is 44.8 Å². The van der Waals surface area contributed by atoms with Crippen LogP contribution in [-0.2, 0) is 10.3 Å². The molecule has 0 bridgehead atoms. The van der Waals surface area contributed by atoms with Crippen LogP contribution in [0.25, 0.3) is 0 Å². The number of hydrogen-bond donors (Lipinski definition) is 1. The van der Waals surface area contributed by atoms with E-state index in [1.807, 2.05) is 6.92 Å². The number of hydrogen-bond acceptors (Lipinski definition) is 5. The van der Waals surface area contributed by atoms with Crippen LogP contribution in [0, 0.1) is 0 Å². The first kappa shape index (κ1) is 10.2. The SMILES string of the molecule is CC1(c2nnc(C3CCNC3)o2)CCCO1. The molecule has 2 atom stereocenters. The predicted molar refractivity (Wildman–Crippen MR) is 57.1 cm³/mol. The topological polar surface area (TPSA) is 60.2 Å². The lowest BCUT2D eigenvalue weighted by Gasteiger charge is -2.17. The summed E-state index contributed by atoms with van der Waals surface area (Å²) in [6.07, 6.45) is 3.12. The van der Waals surface area contributed by atoms with Gasteiger partial charge in [-0.2, -0.15) is 0 Å². The maximum atomic E-state index is 5.77. The summed E-state index contributed by atoms with van der Waals surface area (Å²) in [5.74, 6) is 1.79. The van der Waals surface area contributed by atoms with Crippen LogP contribution >= 0.6 is 0 Å². The Bertz CT molecular complexity index is 365. The third-order valence-electron chi connectivity index (χ3n) is 3.52. The minimum absolute atomic E-state index is 0.350. The molecule has 0 amide bonds. The van der Waals surface area contributed by atoms with Crippen molar-refractivity contribution < 1.29 is 9.15 Å². The maximum absolute atomic E-state index is 5.77. The van der Waals surface area contributed by atoms with E-state index in [4.69, 9.17) is 9.15 Å². The van der Waals surface area contributed by atoms with E-state index in [9.17, 15) is 0 Å². The lowest BCUT2D eigenvalue weighted by Crippen LogP contribution is -2.20. The molecule has 5 heteroatoms. The van der Waals surface area contributed by atoms with Crippen LogP contribution in [0.1, 0.15) is 43.9 Å². The van der Waals surface area contributed by atoms with Gasteiger partial charge in [0.05, 0.1) is 5.92 Å². The van der Waals surface area contributed by atoms with Gasteiger partial charge in [0.25, 0.3) is 0 Å². The Labute approximate surface area is 94.6 Å². The van der Waals surface area contributed by atoms with Crippen molar-refractivity contribution in [1.82, 2.24) is 15.5 Å². The number of aromatic nitrogens is 2. The number of nitrogens with one attached hydrogen (secondary N) is 1. The molecule has 16 heavy (non-hydrogen) atoms. The predicted octanol–water partition coefficient (Wildman–Crippen LogP) is 1.17. The molecule has 3 rings (SSSR count). The maximum Gasteiger partial charge on any atom is 0.247 e. The Morgan fingerprint density at radius 1 is 1.44 bits per heavy atom. The van der Waals surface area contributed by atoms with E-state index < -0.39 is 0 Å². The number of ether oxygens (including phenoxy) is 1. The quantitative estimate of drug-likeness (QED) is 0.815. The Balaban J connectivity index is 1.81. The van der Waals surface area contributed by atoms with E-state index >= 15 is 0 Å². The first-order chi connectivity index (χ1) is 7.78. The summed E-state index contributed by atoms with van der Waals surface area (Å²) in [4.78, 5) is 0. The highest BCUT2D eigenvalue weighted by molar-refractivity contribution is 5.02. The van der Waals surface area contributed by atoms with Crippen LogP contribution < -0.4 is 5.32 Å². The summed E-state index contributed by atoms with van der Waals surface area (Å²) in [6, 6.07) is 0. The Morgan fingerprint density at radius 2 is 2.38 bits per heavy atom. The Kier molecular flexibility index (Phi) is 2.44. The fraction of sp³-hybridized carbons (Fsp3) is 0.818. The molecule has 1 aromatic rings. The third kappa shape index (κ3) is 1.64. The Morgan fingerprint density at radius 3 is 3.06 bits per heavy atom. The van der Waals surface area contributed by atoms with Crippen LogP contribution in [0.3, 0.4) is 0 Å². The van der Waals surface area contributed by atoms with Gasteiger partial charge in [-0.3, -0.25) is 0 Å². The van der Waals surface area contributed by atoms with Gasteiger partial charge in [-0.15, -0.1) is 10.2 Å². The average molecular weight is 223 g/mol. The van der Waals surface area contributed by atoms with Crippen molar-refractivity contribution in [2.45, 2.75) is 37.7 Å². The van der Waals surface area contributed by atoms with Crippen molar-refractivity contribution in [3.63, 3.8) is 0 Å². The van der Waals surface area contributed by atoms with Crippen LogP contribution in [0.2, 0.25) is 0 Å². The summed E-state index contributed by atoms with van der Waals surface area (Å²) < 4.78 is 11.5. The van der Waals surface area contributed by atoms with Crippen LogP contribution in [0.5, 0.6) is 0 Å². The van der Waals surface area contributed by atoms with Crippen molar-refractivity contribution in [1.29, 1.82) is 0 Å². The van der Waals surface area contributed by atoms with Gasteiger partial charge < -0.3 is 14.5 Å². The second kappa shape index (κ2) is 3.82. The van der Waals surface area contributed by atoms with E-state index in [1.54, 1.807) is 0 Å². The molecule has 0 aliphatic carbocycles. The van der Waals surface area contributed by atoms with Gasteiger partial charge in [0, 0.05) is 13.2 Å². The summed E-state index contributed by atoms with van der Waals surface area (Å²) in [6.45, 7) is 4.80. The van der Waals surface area contributed by atoms with Gasteiger partial charge in [0.15, 0.2) is 0 Å². The summed E-state index contributed by atoms with van der Waals surface area (Å²) in [5.41, 5.74) is -0.350. The highest BCUT2D eigenvalue weighted by atomic mass is 16.5. The Hall–Kier alpha value is -0.940. The van der Waals surface area contributed by atoms with Crippen LogP contribution in [-0.4, -0.2) is 29.9 Å². The molecular formula is C11H17N3O2. The van der Waals surface area contributed by atoms with E-state index in [-0.39, 0.29) is 5.60 Å². The zero-order valence-corrected chi connectivity index (χ0v) is 9.53. The van der Waals surface area contributed by atoms with E-state index in [2.05, 4.69) is 15.5 Å². The molecule has 2 unspecified atom stereocenters. The van der Waals surface area contributed by atoms with E-state index in [1.165, 1.54) is 0 Å². The lowest BCUT2D eigenvalue weighted by molar-refractivity contribution is -0.00633. The molecule has 3 heterocycles. The van der Waals surface area contributed by atoms with Crippen molar-refractivity contribution >= 4 is 0 Å². The molecule has 2 fully saturated rings. The van der Waals surface area contributed by atoms with Crippen molar-refractivity contribution in [2.75, 3.05) is 19.7 Å². The summed E-state index contributed by atoms with van der Waals surface area (Å²) in [5, 5.41) is 11.6. The molecule has 88 valence electrons. The molecule has 2 saturated heterocycles. The largest absolute Gasteiger partial charge is 0.422 e. The molecule has 0 saturated carbocycles. The molecule has 5 nitrogen and oxygen atoms in total. The van der Waals surface area contributed by atoms with Gasteiger partial charge >= 0.3 is 0 Å². The molecule has 1 N–H and O–H groups in total. The molecule has 0 radical (unpaired) electrons. The minimum atomic E-state index is -0.350. The third-order valence-corrected chi connectivity index (χ3v) is 3.52. The molecule has 2 aliphatic rings. The highest BCUT2D eigenvalue weighted by Gasteiger charge is 2.38. The fourth-order valence-electron chi connectivity index (χ4n) is 2.43. The second-order valence-electron chi connectivity index (χ2n) is 4.82. The van der Waals surface area contributed by atoms with Crippen LogP contribution in [0.15, 0.2) is 4.42 Å². The smallest absolute Gasteiger partial charge is 0.247 e. The standard InChI is InChI=1S/C11H17N3O2/c1-11(4-2-6-15-11)10-14-13-9(16-10)8-3-5-12-7-8/h8,12H,2-7H2,1H3. The summed E-state index contributed by atoms with van der Waals surface area (Å²) in [7, 11) is 0. The number of nitrogens with zero attached hydrogens (tertiary/aromatic N) is 2. The molecule has 2 aliphatic heterocycles. The van der Waals surface area contributed by atoms with Gasteiger partial charge in [-0.1, -0.05) is 0 Å². The monoisotopic (exact) mass is 223 g/mol. The van der Waals surface area contributed by atoms with Gasteiger partial charge in [-0.25, -0.2) is 0 Å². The number of rotatable bonds is 2. The first-order valence-electron chi connectivity index (χ1n) is 5.96.